The smallest absolute Gasteiger partial charge is 0.216 e. The van der Waals surface area contributed by atoms with Crippen molar-refractivity contribution in [3.63, 3.8) is 0 Å². The highest BCUT2D eigenvalue weighted by atomic mass is 127. The molecular formula is C12H24IN5O. The summed E-state index contributed by atoms with van der Waals surface area (Å²) in [5.74, 6) is 1.18. The molecule has 0 saturated heterocycles. The maximum Gasteiger partial charge on any atom is 0.216 e. The van der Waals surface area contributed by atoms with Crippen molar-refractivity contribution in [2.45, 2.75) is 39.8 Å². The zero-order valence-corrected chi connectivity index (χ0v) is 14.6. The molecule has 0 aliphatic rings. The lowest BCUT2D eigenvalue weighted by atomic mass is 10.2. The van der Waals surface area contributed by atoms with Crippen LogP contribution < -0.4 is 15.8 Å². The summed E-state index contributed by atoms with van der Waals surface area (Å²) in [6.45, 7) is 6.57. The highest BCUT2D eigenvalue weighted by molar-refractivity contribution is 14.0. The van der Waals surface area contributed by atoms with Crippen molar-refractivity contribution in [1.29, 1.82) is 0 Å². The standard InChI is InChI=1S/C12H23N5O.HI/c1-6-8(2)15-12(13)14-7-10-9(3)16-17(4)11(10)18-5;/h8H,6-7H2,1-5H3,(H3,13,14,15);1H. The molecule has 19 heavy (non-hydrogen) atoms. The molecule has 1 aromatic heterocycles. The van der Waals surface area contributed by atoms with Crippen LogP contribution in [0.15, 0.2) is 4.99 Å². The maximum absolute atomic E-state index is 5.82. The molecule has 1 heterocycles. The Labute approximate surface area is 131 Å². The fourth-order valence-corrected chi connectivity index (χ4v) is 1.68. The molecular weight excluding hydrogens is 357 g/mol. The number of aryl methyl sites for hydroxylation is 2. The third-order valence-electron chi connectivity index (χ3n) is 2.90. The topological polar surface area (TPSA) is 77.5 Å². The largest absolute Gasteiger partial charge is 0.481 e. The first kappa shape index (κ1) is 18.0. The van der Waals surface area contributed by atoms with Crippen LogP contribution in [0.5, 0.6) is 5.88 Å². The number of methoxy groups -OCH3 is 1. The van der Waals surface area contributed by atoms with Gasteiger partial charge in [-0.05, 0) is 20.3 Å². The number of guanidine groups is 1. The lowest BCUT2D eigenvalue weighted by Gasteiger charge is -2.11. The molecule has 0 aliphatic carbocycles. The number of aromatic nitrogens is 2. The molecule has 0 spiro atoms. The Morgan fingerprint density at radius 3 is 2.74 bits per heavy atom. The minimum Gasteiger partial charge on any atom is -0.481 e. The van der Waals surface area contributed by atoms with E-state index in [1.54, 1.807) is 11.8 Å². The molecule has 0 saturated carbocycles. The Morgan fingerprint density at radius 2 is 2.21 bits per heavy atom. The minimum atomic E-state index is 0. The SMILES string of the molecule is CCC(C)NC(N)=NCc1c(C)nn(C)c1OC.I. The first-order chi connectivity index (χ1) is 8.49. The molecule has 0 aromatic carbocycles. The van der Waals surface area contributed by atoms with E-state index in [2.05, 4.69) is 29.3 Å². The Hall–Kier alpha value is -0.990. The van der Waals surface area contributed by atoms with E-state index in [1.807, 2.05) is 14.0 Å². The highest BCUT2D eigenvalue weighted by Crippen LogP contribution is 2.21. The van der Waals surface area contributed by atoms with Crippen molar-refractivity contribution < 1.29 is 4.74 Å². The van der Waals surface area contributed by atoms with Crippen LogP contribution in [-0.4, -0.2) is 28.9 Å². The van der Waals surface area contributed by atoms with Gasteiger partial charge in [-0.3, -0.25) is 0 Å². The molecule has 1 rings (SSSR count). The Morgan fingerprint density at radius 1 is 1.58 bits per heavy atom. The van der Waals surface area contributed by atoms with Crippen molar-refractivity contribution in [3.05, 3.63) is 11.3 Å². The number of hydrogen-bond acceptors (Lipinski definition) is 3. The van der Waals surface area contributed by atoms with Crippen LogP contribution in [0.25, 0.3) is 0 Å². The predicted octanol–water partition coefficient (Wildman–Crippen LogP) is 1.56. The first-order valence-electron chi connectivity index (χ1n) is 6.12. The Kier molecular flexibility index (Phi) is 7.81. The summed E-state index contributed by atoms with van der Waals surface area (Å²) >= 11 is 0. The molecule has 0 aliphatic heterocycles. The van der Waals surface area contributed by atoms with Crippen LogP contribution in [0.4, 0.5) is 0 Å². The van der Waals surface area contributed by atoms with Gasteiger partial charge in [-0.15, -0.1) is 24.0 Å². The quantitative estimate of drug-likeness (QED) is 0.461. The molecule has 110 valence electrons. The number of halogens is 1. The molecule has 0 bridgehead atoms. The van der Waals surface area contributed by atoms with Crippen LogP contribution in [0.3, 0.4) is 0 Å². The Balaban J connectivity index is 0.00000324. The van der Waals surface area contributed by atoms with Crippen molar-refractivity contribution in [1.82, 2.24) is 15.1 Å². The normalized spacial score (nSPS) is 12.8. The fraction of sp³-hybridized carbons (Fsp3) is 0.667. The lowest BCUT2D eigenvalue weighted by molar-refractivity contribution is 0.369. The van der Waals surface area contributed by atoms with E-state index in [1.165, 1.54) is 0 Å². The number of rotatable bonds is 5. The van der Waals surface area contributed by atoms with Gasteiger partial charge in [0.2, 0.25) is 5.88 Å². The summed E-state index contributed by atoms with van der Waals surface area (Å²) in [7, 11) is 3.48. The lowest BCUT2D eigenvalue weighted by Crippen LogP contribution is -2.38. The van der Waals surface area contributed by atoms with Gasteiger partial charge in [0.05, 0.1) is 24.9 Å². The van der Waals surface area contributed by atoms with Gasteiger partial charge in [-0.25, -0.2) is 9.67 Å². The molecule has 7 heteroatoms. The minimum absolute atomic E-state index is 0. The van der Waals surface area contributed by atoms with Crippen LogP contribution in [0, 0.1) is 6.92 Å². The molecule has 1 unspecified atom stereocenters. The van der Waals surface area contributed by atoms with Crippen LogP contribution in [0.1, 0.15) is 31.5 Å². The van der Waals surface area contributed by atoms with Gasteiger partial charge in [0, 0.05) is 13.1 Å². The molecule has 3 N–H and O–H groups in total. The van der Waals surface area contributed by atoms with Crippen LogP contribution in [0.2, 0.25) is 0 Å². The molecule has 1 atom stereocenters. The summed E-state index contributed by atoms with van der Waals surface area (Å²) < 4.78 is 7.01. The molecule has 0 fully saturated rings. The summed E-state index contributed by atoms with van der Waals surface area (Å²) in [6.07, 6.45) is 1.01. The first-order valence-corrected chi connectivity index (χ1v) is 6.12. The Bertz CT molecular complexity index is 430. The zero-order chi connectivity index (χ0) is 13.7. The predicted molar refractivity (Wildman–Crippen MR) is 88.1 cm³/mol. The maximum atomic E-state index is 5.82. The fourth-order valence-electron chi connectivity index (χ4n) is 1.68. The number of nitrogens with zero attached hydrogens (tertiary/aromatic N) is 3. The van der Waals surface area contributed by atoms with Crippen molar-refractivity contribution in [2.24, 2.45) is 17.8 Å². The van der Waals surface area contributed by atoms with E-state index < -0.39 is 0 Å². The third kappa shape index (κ3) is 4.88. The van der Waals surface area contributed by atoms with E-state index in [0.29, 0.717) is 18.5 Å². The summed E-state index contributed by atoms with van der Waals surface area (Å²) in [4.78, 5) is 4.32. The number of ether oxygens (including phenoxy) is 1. The van der Waals surface area contributed by atoms with E-state index in [-0.39, 0.29) is 24.0 Å². The van der Waals surface area contributed by atoms with Gasteiger partial charge in [0.25, 0.3) is 0 Å². The van der Waals surface area contributed by atoms with E-state index in [9.17, 15) is 0 Å². The average molecular weight is 381 g/mol. The molecule has 0 radical (unpaired) electrons. The second kappa shape index (κ2) is 8.23. The third-order valence-corrected chi connectivity index (χ3v) is 2.90. The van der Waals surface area contributed by atoms with Gasteiger partial charge in [0.15, 0.2) is 5.96 Å². The monoisotopic (exact) mass is 381 g/mol. The summed E-state index contributed by atoms with van der Waals surface area (Å²) in [5.41, 5.74) is 7.70. The van der Waals surface area contributed by atoms with Gasteiger partial charge >= 0.3 is 0 Å². The molecule has 1 aromatic rings. The average Bonchev–Trinajstić information content (AvgIpc) is 2.60. The summed E-state index contributed by atoms with van der Waals surface area (Å²) in [6, 6.07) is 0.325. The summed E-state index contributed by atoms with van der Waals surface area (Å²) in [5, 5.41) is 7.42. The van der Waals surface area contributed by atoms with E-state index >= 15 is 0 Å². The second-order valence-corrected chi connectivity index (χ2v) is 4.35. The van der Waals surface area contributed by atoms with Crippen LogP contribution in [-0.2, 0) is 13.6 Å². The highest BCUT2D eigenvalue weighted by Gasteiger charge is 2.13. The van der Waals surface area contributed by atoms with Gasteiger partial charge in [-0.2, -0.15) is 5.10 Å². The van der Waals surface area contributed by atoms with Crippen molar-refractivity contribution in [2.75, 3.05) is 7.11 Å². The van der Waals surface area contributed by atoms with Gasteiger partial charge in [-0.1, -0.05) is 6.92 Å². The molecule has 0 amide bonds. The van der Waals surface area contributed by atoms with E-state index in [4.69, 9.17) is 10.5 Å². The van der Waals surface area contributed by atoms with Crippen molar-refractivity contribution in [3.8, 4) is 5.88 Å². The second-order valence-electron chi connectivity index (χ2n) is 4.35. The zero-order valence-electron chi connectivity index (χ0n) is 12.2. The van der Waals surface area contributed by atoms with Gasteiger partial charge < -0.3 is 15.8 Å². The van der Waals surface area contributed by atoms with Crippen LogP contribution >= 0.6 is 24.0 Å². The number of nitrogens with two attached hydrogens (primary N) is 1. The van der Waals surface area contributed by atoms with E-state index in [0.717, 1.165) is 23.6 Å². The van der Waals surface area contributed by atoms with Crippen molar-refractivity contribution >= 4 is 29.9 Å². The van der Waals surface area contributed by atoms with Gasteiger partial charge in [0.1, 0.15) is 0 Å². The molecule has 6 nitrogen and oxygen atoms in total. The number of hydrogen-bond donors (Lipinski definition) is 2. The number of aliphatic imine (C=N–C) groups is 1. The number of nitrogens with one attached hydrogen (secondary N) is 1.